The van der Waals surface area contributed by atoms with E-state index in [0.717, 1.165) is 6.54 Å². The molecule has 2 aliphatic rings. The minimum atomic E-state index is 0.863. The van der Waals surface area contributed by atoms with E-state index in [1.54, 1.807) is 0 Å². The Bertz CT molecular complexity index is 4040. The molecule has 0 atom stereocenters. The first-order valence-electron chi connectivity index (χ1n) is 25.0. The van der Waals surface area contributed by atoms with Gasteiger partial charge in [0.1, 0.15) is 0 Å². The molecule has 0 amide bonds. The van der Waals surface area contributed by atoms with E-state index in [1.807, 2.05) is 0 Å². The summed E-state index contributed by atoms with van der Waals surface area (Å²) in [6, 6.07) is 91.0. The fourth-order valence-corrected chi connectivity index (χ4v) is 12.7. The van der Waals surface area contributed by atoms with E-state index < -0.39 is 0 Å². The summed E-state index contributed by atoms with van der Waals surface area (Å²) in [5.74, 6) is 0. The van der Waals surface area contributed by atoms with Crippen molar-refractivity contribution in [2.24, 2.45) is 0 Å². The van der Waals surface area contributed by atoms with Crippen LogP contribution < -0.4 is 0 Å². The smallest absolute Gasteiger partial charge is 0.0491 e. The van der Waals surface area contributed by atoms with Gasteiger partial charge >= 0.3 is 0 Å². The van der Waals surface area contributed by atoms with Crippen LogP contribution >= 0.6 is 0 Å². The van der Waals surface area contributed by atoms with E-state index in [1.165, 1.54) is 155 Å². The quantitative estimate of drug-likeness (QED) is 0.150. The number of rotatable bonds is 7. The van der Waals surface area contributed by atoms with Gasteiger partial charge in [-0.1, -0.05) is 206 Å². The van der Waals surface area contributed by atoms with Gasteiger partial charge in [0, 0.05) is 28.4 Å². The molecule has 0 N–H and O–H groups in total. The van der Waals surface area contributed by atoms with Crippen LogP contribution in [-0.2, 0) is 6.54 Å². The highest BCUT2D eigenvalue weighted by Gasteiger charge is 2.32. The first kappa shape index (κ1) is 39.9. The van der Waals surface area contributed by atoms with E-state index in [9.17, 15) is 0 Å². The summed E-state index contributed by atoms with van der Waals surface area (Å²) in [5.41, 5.74) is 27.8. The van der Waals surface area contributed by atoms with Crippen molar-refractivity contribution in [1.82, 2.24) is 4.57 Å². The molecule has 1 heterocycles. The van der Waals surface area contributed by atoms with Gasteiger partial charge in [-0.25, -0.2) is 0 Å². The van der Waals surface area contributed by atoms with Crippen LogP contribution in [0.3, 0.4) is 0 Å². The number of nitrogens with zero attached hydrogens (tertiary/aromatic N) is 1. The number of hydrogen-bond acceptors (Lipinski definition) is 0. The molecule has 12 aromatic carbocycles. The molecule has 0 spiro atoms. The van der Waals surface area contributed by atoms with Crippen LogP contribution in [0, 0.1) is 0 Å². The SMILES string of the molecule is CCn1c2ccc(-c3cc(-c4ccccc4)c4c(c3-c3ccccc3)-c3cccc5cccc-4c35)cc2c2cc(-c3cc(-c4ccccc4)c4c(c3-c3ccccc3)-c3cccc5cccc-4c35)ccc21. The summed E-state index contributed by atoms with van der Waals surface area (Å²) in [5, 5.41) is 7.74. The van der Waals surface area contributed by atoms with Crippen LogP contribution in [-0.4, -0.2) is 4.57 Å². The van der Waals surface area contributed by atoms with Gasteiger partial charge in [-0.15, -0.1) is 0 Å². The Kier molecular flexibility index (Phi) is 8.70. The molecule has 0 fully saturated rings. The molecule has 1 aromatic heterocycles. The number of hydrogen-bond donors (Lipinski definition) is 0. The van der Waals surface area contributed by atoms with Crippen molar-refractivity contribution >= 4 is 43.4 Å². The average Bonchev–Trinajstić information content (AvgIpc) is 4.08. The fraction of sp³-hybridized carbons (Fsp3) is 0.0286. The largest absolute Gasteiger partial charge is 0.341 e. The Balaban J connectivity index is 1.02. The predicted octanol–water partition coefficient (Wildman–Crippen LogP) is 19.4. The van der Waals surface area contributed by atoms with E-state index in [-0.39, 0.29) is 0 Å². The van der Waals surface area contributed by atoms with Gasteiger partial charge in [-0.05, 0) is 176 Å². The van der Waals surface area contributed by atoms with Crippen LogP contribution in [0.4, 0.5) is 0 Å². The minimum Gasteiger partial charge on any atom is -0.341 e. The van der Waals surface area contributed by atoms with Crippen LogP contribution in [0.25, 0.3) is 155 Å². The highest BCUT2D eigenvalue weighted by Crippen LogP contribution is 2.59. The second kappa shape index (κ2) is 15.5. The molecular weight excluding hydrogens is 855 g/mol. The van der Waals surface area contributed by atoms with E-state index in [0.29, 0.717) is 0 Å². The fourth-order valence-electron chi connectivity index (χ4n) is 12.7. The maximum absolute atomic E-state index is 2.50. The van der Waals surface area contributed by atoms with Crippen LogP contribution in [0.1, 0.15) is 6.92 Å². The molecule has 0 saturated carbocycles. The Morgan fingerprint density at radius 2 is 0.592 bits per heavy atom. The lowest BCUT2D eigenvalue weighted by Crippen LogP contribution is -1.95. The standard InChI is InChI=1S/C70H45N/c1-2-71-61-37-35-49(57-41-55(43-19-7-3-8-20-43)67-51-31-15-27-45-29-17-33-53(63(45)51)69(67)65(57)47-23-11-5-12-24-47)39-59(61)60-40-50(36-38-62(60)71)58-42-56(44-21-9-4-10-22-44)68-52-32-16-28-46-30-18-34-54(64(46)52)70(68)66(58)48-25-13-6-14-26-48/h3-42H,2H2,1H3. The lowest BCUT2D eigenvalue weighted by Gasteiger charge is -2.21. The van der Waals surface area contributed by atoms with Crippen LogP contribution in [0.15, 0.2) is 243 Å². The zero-order valence-electron chi connectivity index (χ0n) is 39.2. The molecule has 0 radical (unpaired) electrons. The number of aryl methyl sites for hydroxylation is 1. The molecule has 15 rings (SSSR count). The summed E-state index contributed by atoms with van der Waals surface area (Å²) in [6.07, 6.45) is 0. The summed E-state index contributed by atoms with van der Waals surface area (Å²) >= 11 is 0. The topological polar surface area (TPSA) is 4.93 Å². The van der Waals surface area contributed by atoms with E-state index >= 15 is 0 Å². The van der Waals surface area contributed by atoms with Crippen molar-refractivity contribution in [2.75, 3.05) is 0 Å². The number of benzene rings is 12. The first-order valence-corrected chi connectivity index (χ1v) is 25.0. The molecule has 1 nitrogen and oxygen atoms in total. The van der Waals surface area contributed by atoms with Gasteiger partial charge in [-0.2, -0.15) is 0 Å². The molecule has 13 aromatic rings. The Morgan fingerprint density at radius 1 is 0.254 bits per heavy atom. The maximum atomic E-state index is 2.50. The monoisotopic (exact) mass is 899 g/mol. The molecule has 330 valence electrons. The van der Waals surface area contributed by atoms with E-state index in [2.05, 4.69) is 254 Å². The highest BCUT2D eigenvalue weighted by atomic mass is 15.0. The Morgan fingerprint density at radius 3 is 0.958 bits per heavy atom. The summed E-state index contributed by atoms with van der Waals surface area (Å²) < 4.78 is 2.50. The van der Waals surface area contributed by atoms with Crippen molar-refractivity contribution < 1.29 is 0 Å². The molecule has 0 unspecified atom stereocenters. The van der Waals surface area contributed by atoms with Gasteiger partial charge in [0.25, 0.3) is 0 Å². The first-order chi connectivity index (χ1) is 35.2. The average molecular weight is 900 g/mol. The Labute approximate surface area is 413 Å². The van der Waals surface area contributed by atoms with E-state index in [4.69, 9.17) is 0 Å². The van der Waals surface area contributed by atoms with Gasteiger partial charge in [0.05, 0.1) is 0 Å². The van der Waals surface area contributed by atoms with Crippen LogP contribution in [0.5, 0.6) is 0 Å². The molecule has 0 aliphatic heterocycles. The van der Waals surface area contributed by atoms with Crippen molar-refractivity contribution in [1.29, 1.82) is 0 Å². The van der Waals surface area contributed by atoms with Crippen LogP contribution in [0.2, 0.25) is 0 Å². The summed E-state index contributed by atoms with van der Waals surface area (Å²) in [7, 11) is 0. The van der Waals surface area contributed by atoms with Gasteiger partial charge in [0.2, 0.25) is 0 Å². The molecule has 1 heteroatoms. The van der Waals surface area contributed by atoms with Crippen molar-refractivity contribution in [2.45, 2.75) is 13.5 Å². The van der Waals surface area contributed by atoms with Gasteiger partial charge < -0.3 is 4.57 Å². The maximum Gasteiger partial charge on any atom is 0.0491 e. The molecule has 71 heavy (non-hydrogen) atoms. The van der Waals surface area contributed by atoms with Crippen molar-refractivity contribution in [3.8, 4) is 111 Å². The number of aromatic nitrogens is 1. The van der Waals surface area contributed by atoms with Crippen molar-refractivity contribution in [3.05, 3.63) is 243 Å². The normalized spacial score (nSPS) is 12.1. The summed E-state index contributed by atoms with van der Waals surface area (Å²) in [6.45, 7) is 3.14. The highest BCUT2D eigenvalue weighted by molar-refractivity contribution is 6.25. The second-order valence-corrected chi connectivity index (χ2v) is 19.3. The van der Waals surface area contributed by atoms with Crippen molar-refractivity contribution in [3.63, 3.8) is 0 Å². The lowest BCUT2D eigenvalue weighted by atomic mass is 9.82. The molecule has 0 bridgehead atoms. The molecule has 2 aliphatic carbocycles. The zero-order valence-corrected chi connectivity index (χ0v) is 39.2. The third-order valence-corrected chi connectivity index (χ3v) is 15.6. The minimum absolute atomic E-state index is 0.863. The molecular formula is C70H45N. The van der Waals surface area contributed by atoms with Gasteiger partial charge in [-0.3, -0.25) is 0 Å². The second-order valence-electron chi connectivity index (χ2n) is 19.3. The predicted molar refractivity (Wildman–Crippen MR) is 302 cm³/mol. The Hall–Kier alpha value is -9.04. The molecule has 0 saturated heterocycles. The third-order valence-electron chi connectivity index (χ3n) is 15.6. The number of fused-ring (bicyclic) bond motifs is 9. The lowest BCUT2D eigenvalue weighted by molar-refractivity contribution is 0.827. The van der Waals surface area contributed by atoms with Gasteiger partial charge in [0.15, 0.2) is 0 Å². The summed E-state index contributed by atoms with van der Waals surface area (Å²) in [4.78, 5) is 0. The zero-order chi connectivity index (χ0) is 46.7. The third kappa shape index (κ3) is 5.81.